The lowest BCUT2D eigenvalue weighted by atomic mass is 10.2. The van der Waals surface area contributed by atoms with Crippen LogP contribution in [0.3, 0.4) is 0 Å². The van der Waals surface area contributed by atoms with E-state index in [2.05, 4.69) is 21.2 Å². The zero-order valence-electron chi connectivity index (χ0n) is 12.7. The molecule has 1 N–H and O–H groups in total. The predicted octanol–water partition coefficient (Wildman–Crippen LogP) is 4.37. The third-order valence-electron chi connectivity index (χ3n) is 2.88. The lowest BCUT2D eigenvalue weighted by Gasteiger charge is -2.15. The summed E-state index contributed by atoms with van der Waals surface area (Å²) in [5.74, 6) is -1.09. The normalized spacial score (nSPS) is 11.9. The number of esters is 1. The standard InChI is InChI=1S/C15H19BrFNO3S/c1-4-6-14(19)18-11-8-13(9(16)7-10(11)17)22-12(5-2)15(20)21-3/h7-8,12H,4-6H2,1-3H3,(H,18,19). The Labute approximate surface area is 142 Å². The highest BCUT2D eigenvalue weighted by molar-refractivity contribution is 9.10. The lowest BCUT2D eigenvalue weighted by Crippen LogP contribution is -2.18. The number of hydrogen-bond acceptors (Lipinski definition) is 4. The van der Waals surface area contributed by atoms with Gasteiger partial charge in [-0.3, -0.25) is 9.59 Å². The summed E-state index contributed by atoms with van der Waals surface area (Å²) < 4.78 is 19.2. The van der Waals surface area contributed by atoms with Crippen LogP contribution in [-0.4, -0.2) is 24.2 Å². The minimum atomic E-state index is -0.521. The van der Waals surface area contributed by atoms with Crippen molar-refractivity contribution in [3.8, 4) is 0 Å². The van der Waals surface area contributed by atoms with Crippen LogP contribution in [0.2, 0.25) is 0 Å². The molecule has 0 aromatic heterocycles. The van der Waals surface area contributed by atoms with Crippen LogP contribution in [-0.2, 0) is 14.3 Å². The molecule has 0 saturated heterocycles. The Morgan fingerprint density at radius 1 is 1.41 bits per heavy atom. The molecule has 0 aliphatic carbocycles. The number of ether oxygens (including phenoxy) is 1. The van der Waals surface area contributed by atoms with Crippen LogP contribution in [0.4, 0.5) is 10.1 Å². The van der Waals surface area contributed by atoms with Crippen molar-refractivity contribution in [1.29, 1.82) is 0 Å². The molecule has 4 nitrogen and oxygen atoms in total. The molecule has 0 aliphatic heterocycles. The Hall–Kier alpha value is -1.08. The third kappa shape index (κ3) is 5.28. The van der Waals surface area contributed by atoms with Crippen molar-refractivity contribution >= 4 is 45.3 Å². The Kier molecular flexibility index (Phi) is 7.89. The second-order valence-electron chi connectivity index (χ2n) is 4.60. The zero-order chi connectivity index (χ0) is 16.7. The summed E-state index contributed by atoms with van der Waals surface area (Å²) in [5, 5.41) is 2.17. The van der Waals surface area contributed by atoms with Crippen molar-refractivity contribution in [2.24, 2.45) is 0 Å². The molecule has 0 radical (unpaired) electrons. The molecule has 0 aliphatic rings. The molecule has 122 valence electrons. The molecule has 0 fully saturated rings. The highest BCUT2D eigenvalue weighted by Crippen LogP contribution is 2.36. The molecule has 22 heavy (non-hydrogen) atoms. The first-order chi connectivity index (χ1) is 10.4. The molecule has 1 rings (SSSR count). The van der Waals surface area contributed by atoms with Crippen molar-refractivity contribution in [2.75, 3.05) is 12.4 Å². The van der Waals surface area contributed by atoms with Gasteiger partial charge < -0.3 is 10.1 Å². The maximum atomic E-state index is 13.9. The van der Waals surface area contributed by atoms with Crippen LogP contribution in [0.15, 0.2) is 21.5 Å². The van der Waals surface area contributed by atoms with Gasteiger partial charge in [-0.15, -0.1) is 11.8 Å². The van der Waals surface area contributed by atoms with Gasteiger partial charge in [0.15, 0.2) is 0 Å². The molecule has 0 saturated carbocycles. The van der Waals surface area contributed by atoms with Crippen LogP contribution in [0.1, 0.15) is 33.1 Å². The first-order valence-corrected chi connectivity index (χ1v) is 8.63. The first-order valence-electron chi connectivity index (χ1n) is 6.96. The molecular formula is C15H19BrFNO3S. The highest BCUT2D eigenvalue weighted by Gasteiger charge is 2.21. The number of benzene rings is 1. The van der Waals surface area contributed by atoms with E-state index in [-0.39, 0.29) is 22.8 Å². The van der Waals surface area contributed by atoms with E-state index in [0.29, 0.717) is 28.6 Å². The van der Waals surface area contributed by atoms with Gasteiger partial charge >= 0.3 is 5.97 Å². The first kappa shape index (κ1) is 19.0. The van der Waals surface area contributed by atoms with Gasteiger partial charge in [-0.05, 0) is 40.9 Å². The van der Waals surface area contributed by atoms with Gasteiger partial charge in [0, 0.05) is 15.8 Å². The number of amides is 1. The van der Waals surface area contributed by atoms with Gasteiger partial charge in [0.2, 0.25) is 5.91 Å². The van der Waals surface area contributed by atoms with Crippen molar-refractivity contribution in [1.82, 2.24) is 0 Å². The maximum absolute atomic E-state index is 13.9. The molecule has 7 heteroatoms. The van der Waals surface area contributed by atoms with Crippen LogP contribution in [0, 0.1) is 5.82 Å². The molecular weight excluding hydrogens is 373 g/mol. The van der Waals surface area contributed by atoms with Gasteiger partial charge in [-0.1, -0.05) is 13.8 Å². The van der Waals surface area contributed by atoms with Crippen LogP contribution >= 0.6 is 27.7 Å². The van der Waals surface area contributed by atoms with Crippen LogP contribution in [0.25, 0.3) is 0 Å². The number of thioether (sulfide) groups is 1. The fourth-order valence-corrected chi connectivity index (χ4v) is 3.36. The lowest BCUT2D eigenvalue weighted by molar-refractivity contribution is -0.140. The third-order valence-corrected chi connectivity index (χ3v) is 5.20. The molecule has 1 aromatic rings. The maximum Gasteiger partial charge on any atom is 0.319 e. The van der Waals surface area contributed by atoms with Gasteiger partial charge in [0.05, 0.1) is 12.8 Å². The van der Waals surface area contributed by atoms with E-state index in [9.17, 15) is 14.0 Å². The number of carbonyl (C=O) groups excluding carboxylic acids is 2. The molecule has 0 heterocycles. The predicted molar refractivity (Wildman–Crippen MR) is 89.6 cm³/mol. The highest BCUT2D eigenvalue weighted by atomic mass is 79.9. The fourth-order valence-electron chi connectivity index (χ4n) is 1.74. The van der Waals surface area contributed by atoms with E-state index in [4.69, 9.17) is 4.74 Å². The quantitative estimate of drug-likeness (QED) is 0.553. The number of rotatable bonds is 7. The van der Waals surface area contributed by atoms with E-state index >= 15 is 0 Å². The Balaban J connectivity index is 3.00. The van der Waals surface area contributed by atoms with E-state index in [1.54, 1.807) is 0 Å². The number of nitrogens with one attached hydrogen (secondary N) is 1. The smallest absolute Gasteiger partial charge is 0.319 e. The summed E-state index contributed by atoms with van der Waals surface area (Å²) in [6, 6.07) is 2.82. The van der Waals surface area contributed by atoms with Crippen molar-refractivity contribution in [2.45, 2.75) is 43.3 Å². The number of hydrogen-bond donors (Lipinski definition) is 1. The number of halogens is 2. The van der Waals surface area contributed by atoms with Crippen molar-refractivity contribution < 1.29 is 18.7 Å². The minimum Gasteiger partial charge on any atom is -0.468 e. The Bertz CT molecular complexity index is 554. The van der Waals surface area contributed by atoms with E-state index in [1.165, 1.54) is 31.0 Å². The van der Waals surface area contributed by atoms with Gasteiger partial charge in [-0.25, -0.2) is 4.39 Å². The largest absolute Gasteiger partial charge is 0.468 e. The second kappa shape index (κ2) is 9.15. The summed E-state index contributed by atoms with van der Waals surface area (Å²) in [4.78, 5) is 24.0. The molecule has 1 aromatic carbocycles. The Morgan fingerprint density at radius 3 is 2.64 bits per heavy atom. The van der Waals surface area contributed by atoms with Gasteiger partial charge in [0.1, 0.15) is 11.1 Å². The SMILES string of the molecule is CCCC(=O)Nc1cc(SC(CC)C(=O)OC)c(Br)cc1F. The molecule has 1 amide bonds. The summed E-state index contributed by atoms with van der Waals surface area (Å²) >= 11 is 4.55. The monoisotopic (exact) mass is 391 g/mol. The van der Waals surface area contributed by atoms with Crippen molar-refractivity contribution in [3.05, 3.63) is 22.4 Å². The fraction of sp³-hybridized carbons (Fsp3) is 0.467. The molecule has 1 atom stereocenters. The molecule has 1 unspecified atom stereocenters. The Morgan fingerprint density at radius 2 is 2.09 bits per heavy atom. The summed E-state index contributed by atoms with van der Waals surface area (Å²) in [6.45, 7) is 3.75. The topological polar surface area (TPSA) is 55.4 Å². The van der Waals surface area contributed by atoms with E-state index in [1.807, 2.05) is 13.8 Å². The minimum absolute atomic E-state index is 0.115. The molecule has 0 spiro atoms. The van der Waals surface area contributed by atoms with E-state index < -0.39 is 5.82 Å². The van der Waals surface area contributed by atoms with Crippen molar-refractivity contribution in [3.63, 3.8) is 0 Å². The number of carbonyl (C=O) groups is 2. The average molecular weight is 392 g/mol. The van der Waals surface area contributed by atoms with E-state index in [0.717, 1.165) is 0 Å². The zero-order valence-corrected chi connectivity index (χ0v) is 15.1. The van der Waals surface area contributed by atoms with Crippen LogP contribution in [0.5, 0.6) is 0 Å². The summed E-state index contributed by atoms with van der Waals surface area (Å²) in [7, 11) is 1.33. The summed E-state index contributed by atoms with van der Waals surface area (Å²) in [6.07, 6.45) is 1.60. The molecule has 0 bridgehead atoms. The summed E-state index contributed by atoms with van der Waals surface area (Å²) in [5.41, 5.74) is 0.115. The number of methoxy groups -OCH3 is 1. The second-order valence-corrected chi connectivity index (χ2v) is 6.70. The van der Waals surface area contributed by atoms with Gasteiger partial charge in [0.25, 0.3) is 0 Å². The average Bonchev–Trinajstić information content (AvgIpc) is 2.48. The van der Waals surface area contributed by atoms with Crippen LogP contribution < -0.4 is 5.32 Å². The number of anilines is 1. The van der Waals surface area contributed by atoms with Gasteiger partial charge in [-0.2, -0.15) is 0 Å².